The largest absolute Gasteiger partial charge is 0.327 e. The fourth-order valence-corrected chi connectivity index (χ4v) is 2.22. The van der Waals surface area contributed by atoms with Crippen LogP contribution in [0.1, 0.15) is 23.2 Å². The van der Waals surface area contributed by atoms with Crippen molar-refractivity contribution in [2.75, 3.05) is 6.54 Å². The van der Waals surface area contributed by atoms with Crippen LogP contribution in [0.15, 0.2) is 30.3 Å². The van der Waals surface area contributed by atoms with Crippen molar-refractivity contribution in [1.82, 2.24) is 4.90 Å². The van der Waals surface area contributed by atoms with Crippen LogP contribution in [0.25, 0.3) is 0 Å². The van der Waals surface area contributed by atoms with Gasteiger partial charge in [0.25, 0.3) is 5.91 Å². The molecular formula is C12H12ClNO2. The van der Waals surface area contributed by atoms with Gasteiger partial charge in [-0.3, -0.25) is 9.59 Å². The minimum Gasteiger partial charge on any atom is -0.327 e. The Hall–Kier alpha value is -1.35. The van der Waals surface area contributed by atoms with Gasteiger partial charge in [0.15, 0.2) is 0 Å². The van der Waals surface area contributed by atoms with Gasteiger partial charge in [0.05, 0.1) is 0 Å². The second-order valence-corrected chi connectivity index (χ2v) is 4.20. The van der Waals surface area contributed by atoms with E-state index in [2.05, 4.69) is 0 Å². The molecule has 1 saturated heterocycles. The van der Waals surface area contributed by atoms with Crippen LogP contribution >= 0.6 is 11.6 Å². The van der Waals surface area contributed by atoms with Gasteiger partial charge in [-0.2, -0.15) is 0 Å². The molecule has 0 bridgehead atoms. The molecule has 1 atom stereocenters. The number of hydrogen-bond donors (Lipinski definition) is 0. The van der Waals surface area contributed by atoms with Gasteiger partial charge in [0, 0.05) is 12.1 Å². The third-order valence-corrected chi connectivity index (χ3v) is 3.05. The minimum absolute atomic E-state index is 0.114. The summed E-state index contributed by atoms with van der Waals surface area (Å²) in [7, 11) is 0. The molecule has 1 aliphatic heterocycles. The molecule has 1 aromatic carbocycles. The van der Waals surface area contributed by atoms with E-state index in [4.69, 9.17) is 11.6 Å². The number of benzene rings is 1. The van der Waals surface area contributed by atoms with Gasteiger partial charge in [0.2, 0.25) is 5.24 Å². The van der Waals surface area contributed by atoms with Crippen LogP contribution in [-0.4, -0.2) is 28.6 Å². The third kappa shape index (κ3) is 2.09. The molecular weight excluding hydrogens is 226 g/mol. The average molecular weight is 238 g/mol. The topological polar surface area (TPSA) is 37.4 Å². The molecule has 0 radical (unpaired) electrons. The fraction of sp³-hybridized carbons (Fsp3) is 0.333. The Morgan fingerprint density at radius 1 is 1.25 bits per heavy atom. The minimum atomic E-state index is -0.450. The molecule has 1 unspecified atom stereocenters. The zero-order valence-corrected chi connectivity index (χ0v) is 9.48. The molecule has 0 aliphatic carbocycles. The summed E-state index contributed by atoms with van der Waals surface area (Å²) in [6.07, 6.45) is 1.50. The Balaban J connectivity index is 2.19. The lowest BCUT2D eigenvalue weighted by Gasteiger charge is -2.21. The monoisotopic (exact) mass is 237 g/mol. The number of hydrogen-bond acceptors (Lipinski definition) is 2. The Morgan fingerprint density at radius 3 is 2.56 bits per heavy atom. The van der Waals surface area contributed by atoms with Gasteiger partial charge in [-0.15, -0.1) is 0 Å². The zero-order chi connectivity index (χ0) is 11.5. The number of halogens is 1. The van der Waals surface area contributed by atoms with Crippen molar-refractivity contribution in [2.24, 2.45) is 0 Å². The van der Waals surface area contributed by atoms with Gasteiger partial charge in [0.1, 0.15) is 6.04 Å². The number of likely N-dealkylation sites (tertiary alicyclic amines) is 1. The summed E-state index contributed by atoms with van der Waals surface area (Å²) in [6.45, 7) is 0.608. The van der Waals surface area contributed by atoms with Crippen molar-refractivity contribution in [2.45, 2.75) is 18.9 Å². The van der Waals surface area contributed by atoms with Crippen LogP contribution in [0, 0.1) is 0 Å². The Labute approximate surface area is 99.0 Å². The fourth-order valence-electron chi connectivity index (χ4n) is 1.99. The van der Waals surface area contributed by atoms with E-state index in [-0.39, 0.29) is 5.91 Å². The van der Waals surface area contributed by atoms with Crippen LogP contribution < -0.4 is 0 Å². The molecule has 16 heavy (non-hydrogen) atoms. The Morgan fingerprint density at radius 2 is 1.94 bits per heavy atom. The van der Waals surface area contributed by atoms with E-state index < -0.39 is 11.3 Å². The molecule has 1 fully saturated rings. The first-order valence-corrected chi connectivity index (χ1v) is 5.63. The van der Waals surface area contributed by atoms with Crippen molar-refractivity contribution in [3.63, 3.8) is 0 Å². The lowest BCUT2D eigenvalue weighted by Crippen LogP contribution is -2.38. The summed E-state index contributed by atoms with van der Waals surface area (Å²) >= 11 is 5.48. The van der Waals surface area contributed by atoms with E-state index in [1.807, 2.05) is 6.07 Å². The van der Waals surface area contributed by atoms with Crippen molar-refractivity contribution < 1.29 is 9.59 Å². The molecule has 0 N–H and O–H groups in total. The van der Waals surface area contributed by atoms with Crippen molar-refractivity contribution in [3.8, 4) is 0 Å². The van der Waals surface area contributed by atoms with Gasteiger partial charge in [-0.25, -0.2) is 0 Å². The maximum absolute atomic E-state index is 12.1. The molecule has 1 aliphatic rings. The van der Waals surface area contributed by atoms with Gasteiger partial charge in [-0.1, -0.05) is 18.2 Å². The smallest absolute Gasteiger partial charge is 0.254 e. The standard InChI is InChI=1S/C12H12ClNO2/c13-11(15)10-7-4-8-14(10)12(16)9-5-2-1-3-6-9/h1-3,5-6,10H,4,7-8H2. The molecule has 0 spiro atoms. The highest BCUT2D eigenvalue weighted by Gasteiger charge is 2.33. The lowest BCUT2D eigenvalue weighted by molar-refractivity contribution is -0.115. The second kappa shape index (κ2) is 4.66. The second-order valence-electron chi connectivity index (χ2n) is 3.83. The molecule has 84 valence electrons. The lowest BCUT2D eigenvalue weighted by atomic mass is 10.2. The molecule has 3 nitrogen and oxygen atoms in total. The average Bonchev–Trinajstić information content (AvgIpc) is 2.78. The van der Waals surface area contributed by atoms with Crippen LogP contribution in [0.5, 0.6) is 0 Å². The molecule has 4 heteroatoms. The van der Waals surface area contributed by atoms with E-state index in [1.165, 1.54) is 0 Å². The Kier molecular flexibility index (Phi) is 3.25. The summed E-state index contributed by atoms with van der Waals surface area (Å²) < 4.78 is 0. The van der Waals surface area contributed by atoms with Crippen LogP contribution in [0.4, 0.5) is 0 Å². The normalized spacial score (nSPS) is 19.8. The summed E-state index contributed by atoms with van der Waals surface area (Å²) in [5.74, 6) is -0.114. The highest BCUT2D eigenvalue weighted by Crippen LogP contribution is 2.21. The molecule has 1 heterocycles. The molecule has 1 amide bonds. The quantitative estimate of drug-likeness (QED) is 0.739. The maximum atomic E-state index is 12.1. The van der Waals surface area contributed by atoms with Crippen molar-refractivity contribution in [1.29, 1.82) is 0 Å². The van der Waals surface area contributed by atoms with Gasteiger partial charge >= 0.3 is 0 Å². The SMILES string of the molecule is O=C(Cl)C1CCCN1C(=O)c1ccccc1. The molecule has 1 aromatic rings. The van der Waals surface area contributed by atoms with Gasteiger partial charge in [-0.05, 0) is 36.6 Å². The summed E-state index contributed by atoms with van der Waals surface area (Å²) in [5.41, 5.74) is 0.604. The van der Waals surface area contributed by atoms with Crippen LogP contribution in [-0.2, 0) is 4.79 Å². The van der Waals surface area contributed by atoms with E-state index in [1.54, 1.807) is 29.2 Å². The number of amides is 1. The number of carbonyl (C=O) groups excluding carboxylic acids is 2. The number of rotatable bonds is 2. The maximum Gasteiger partial charge on any atom is 0.254 e. The van der Waals surface area contributed by atoms with Crippen molar-refractivity contribution in [3.05, 3.63) is 35.9 Å². The summed E-state index contributed by atoms with van der Waals surface area (Å²) in [6, 6.07) is 8.51. The van der Waals surface area contributed by atoms with E-state index in [0.29, 0.717) is 18.5 Å². The molecule has 0 aromatic heterocycles. The summed E-state index contributed by atoms with van der Waals surface area (Å²) in [5, 5.41) is -0.443. The highest BCUT2D eigenvalue weighted by atomic mass is 35.5. The van der Waals surface area contributed by atoms with Crippen LogP contribution in [0.3, 0.4) is 0 Å². The number of nitrogens with zero attached hydrogens (tertiary/aromatic N) is 1. The predicted octanol–water partition coefficient (Wildman–Crippen LogP) is 2.06. The highest BCUT2D eigenvalue weighted by molar-refractivity contribution is 6.64. The van der Waals surface area contributed by atoms with E-state index in [0.717, 1.165) is 6.42 Å². The predicted molar refractivity (Wildman–Crippen MR) is 61.4 cm³/mol. The first-order chi connectivity index (χ1) is 7.70. The Bertz CT molecular complexity index is 405. The zero-order valence-electron chi connectivity index (χ0n) is 8.73. The third-order valence-electron chi connectivity index (χ3n) is 2.80. The molecule has 0 saturated carbocycles. The van der Waals surface area contributed by atoms with Crippen molar-refractivity contribution >= 4 is 22.8 Å². The van der Waals surface area contributed by atoms with E-state index >= 15 is 0 Å². The first kappa shape index (κ1) is 11.1. The van der Waals surface area contributed by atoms with E-state index in [9.17, 15) is 9.59 Å². The first-order valence-electron chi connectivity index (χ1n) is 5.25. The number of carbonyl (C=O) groups is 2. The van der Waals surface area contributed by atoms with Gasteiger partial charge < -0.3 is 4.90 Å². The molecule has 2 rings (SSSR count). The van der Waals surface area contributed by atoms with Crippen LogP contribution in [0.2, 0.25) is 0 Å². The summed E-state index contributed by atoms with van der Waals surface area (Å²) in [4.78, 5) is 24.8.